The van der Waals surface area contributed by atoms with Crippen LogP contribution in [0.4, 0.5) is 10.1 Å². The van der Waals surface area contributed by atoms with Gasteiger partial charge in [0.1, 0.15) is 5.82 Å². The Bertz CT molecular complexity index is 791. The van der Waals surface area contributed by atoms with Crippen molar-refractivity contribution < 1.29 is 9.31 Å². The van der Waals surface area contributed by atoms with E-state index < -0.39 is 4.92 Å². The van der Waals surface area contributed by atoms with Gasteiger partial charge in [-0.25, -0.2) is 4.39 Å². The Morgan fingerprint density at radius 2 is 2.13 bits per heavy atom. The van der Waals surface area contributed by atoms with Gasteiger partial charge in [0.2, 0.25) is 0 Å². The lowest BCUT2D eigenvalue weighted by molar-refractivity contribution is -0.385. The van der Waals surface area contributed by atoms with E-state index >= 15 is 0 Å². The van der Waals surface area contributed by atoms with Crippen molar-refractivity contribution in [3.05, 3.63) is 80.1 Å². The van der Waals surface area contributed by atoms with E-state index in [9.17, 15) is 14.5 Å². The second-order valence-corrected chi connectivity index (χ2v) is 5.58. The molecule has 2 N–H and O–H groups in total. The summed E-state index contributed by atoms with van der Waals surface area (Å²) in [7, 11) is 0. The SMILES string of the molecule is N/C(=C\C=NCc1cccc(F)c1)c1cc(Br)ccc1[N+](=O)[O-]. The molecule has 0 atom stereocenters. The predicted molar refractivity (Wildman–Crippen MR) is 91.6 cm³/mol. The van der Waals surface area contributed by atoms with Gasteiger partial charge in [-0.05, 0) is 35.9 Å². The van der Waals surface area contributed by atoms with Crippen LogP contribution in [0.5, 0.6) is 0 Å². The molecule has 2 rings (SSSR count). The third-order valence-electron chi connectivity index (χ3n) is 2.99. The van der Waals surface area contributed by atoms with Gasteiger partial charge < -0.3 is 5.73 Å². The van der Waals surface area contributed by atoms with E-state index in [4.69, 9.17) is 5.73 Å². The fraction of sp³-hybridized carbons (Fsp3) is 0.0625. The van der Waals surface area contributed by atoms with Crippen LogP contribution >= 0.6 is 15.9 Å². The van der Waals surface area contributed by atoms with Gasteiger partial charge in [0.25, 0.3) is 5.69 Å². The Labute approximate surface area is 140 Å². The zero-order valence-electron chi connectivity index (χ0n) is 11.9. The summed E-state index contributed by atoms with van der Waals surface area (Å²) in [4.78, 5) is 14.6. The minimum Gasteiger partial charge on any atom is -0.398 e. The molecule has 0 amide bonds. The lowest BCUT2D eigenvalue weighted by Crippen LogP contribution is -2.01. The average Bonchev–Trinajstić information content (AvgIpc) is 2.51. The number of allylic oxidation sites excluding steroid dienone is 1. The molecule has 0 unspecified atom stereocenters. The van der Waals surface area contributed by atoms with E-state index in [2.05, 4.69) is 20.9 Å². The van der Waals surface area contributed by atoms with Crippen LogP contribution < -0.4 is 5.73 Å². The fourth-order valence-corrected chi connectivity index (χ4v) is 2.28. The molecule has 0 radical (unpaired) electrons. The number of nitrogens with zero attached hydrogens (tertiary/aromatic N) is 2. The van der Waals surface area contributed by atoms with Crippen LogP contribution in [-0.4, -0.2) is 11.1 Å². The molecule has 0 fully saturated rings. The van der Waals surface area contributed by atoms with Crippen molar-refractivity contribution in [2.75, 3.05) is 0 Å². The van der Waals surface area contributed by atoms with E-state index in [1.807, 2.05) is 0 Å². The zero-order valence-corrected chi connectivity index (χ0v) is 13.5. The second-order valence-electron chi connectivity index (χ2n) is 4.66. The monoisotopic (exact) mass is 377 g/mol. The van der Waals surface area contributed by atoms with Crippen LogP contribution in [0.15, 0.2) is 58.0 Å². The molecule has 0 saturated carbocycles. The van der Waals surface area contributed by atoms with Crippen molar-refractivity contribution in [3.63, 3.8) is 0 Å². The van der Waals surface area contributed by atoms with Crippen molar-refractivity contribution in [2.45, 2.75) is 6.54 Å². The van der Waals surface area contributed by atoms with Crippen molar-refractivity contribution in [1.82, 2.24) is 0 Å². The fourth-order valence-electron chi connectivity index (χ4n) is 1.91. The number of rotatable bonds is 5. The standard InChI is InChI=1S/C16H13BrFN3O2/c17-12-4-5-16(21(22)23)14(9-12)15(19)6-7-20-10-11-2-1-3-13(18)8-11/h1-9H,10,19H2/b15-6-,20-7?. The van der Waals surface area contributed by atoms with E-state index in [1.54, 1.807) is 24.3 Å². The number of hydrogen-bond acceptors (Lipinski definition) is 4. The average molecular weight is 378 g/mol. The zero-order chi connectivity index (χ0) is 16.8. The largest absolute Gasteiger partial charge is 0.398 e. The molecule has 0 bridgehead atoms. The summed E-state index contributed by atoms with van der Waals surface area (Å²) in [6.45, 7) is 0.294. The normalized spacial score (nSPS) is 11.8. The first-order chi connectivity index (χ1) is 11.0. The maximum atomic E-state index is 13.0. The molecule has 2 aromatic carbocycles. The molecule has 118 valence electrons. The summed E-state index contributed by atoms with van der Waals surface area (Å²) in [6, 6.07) is 10.6. The number of benzene rings is 2. The Hall–Kier alpha value is -2.54. The summed E-state index contributed by atoms with van der Waals surface area (Å²) < 4.78 is 13.7. The number of nitro groups is 1. The highest BCUT2D eigenvalue weighted by molar-refractivity contribution is 9.10. The second kappa shape index (κ2) is 7.64. The Kier molecular flexibility index (Phi) is 5.59. The Balaban J connectivity index is 2.15. The number of nitro benzene ring substituents is 1. The first-order valence-corrected chi connectivity index (χ1v) is 7.41. The van der Waals surface area contributed by atoms with E-state index in [-0.39, 0.29) is 17.2 Å². The van der Waals surface area contributed by atoms with Crippen molar-refractivity contribution in [1.29, 1.82) is 0 Å². The first-order valence-electron chi connectivity index (χ1n) is 6.61. The van der Waals surface area contributed by atoms with Crippen LogP contribution in [0.1, 0.15) is 11.1 Å². The summed E-state index contributed by atoms with van der Waals surface area (Å²) >= 11 is 3.26. The van der Waals surface area contributed by atoms with Crippen LogP contribution in [0.2, 0.25) is 0 Å². The lowest BCUT2D eigenvalue weighted by atomic mass is 10.1. The predicted octanol–water partition coefficient (Wildman–Crippen LogP) is 4.07. The molecule has 23 heavy (non-hydrogen) atoms. The van der Waals surface area contributed by atoms with Gasteiger partial charge in [0.15, 0.2) is 0 Å². The van der Waals surface area contributed by atoms with Crippen LogP contribution in [0.25, 0.3) is 5.70 Å². The minimum atomic E-state index is -0.494. The molecule has 5 nitrogen and oxygen atoms in total. The molecule has 2 aromatic rings. The number of aliphatic imine (C=N–C) groups is 1. The summed E-state index contributed by atoms with van der Waals surface area (Å²) in [5, 5.41) is 11.0. The van der Waals surface area contributed by atoms with Crippen LogP contribution in [0.3, 0.4) is 0 Å². The van der Waals surface area contributed by atoms with E-state index in [0.29, 0.717) is 16.6 Å². The Morgan fingerprint density at radius 1 is 1.35 bits per heavy atom. The minimum absolute atomic E-state index is 0.0829. The molecule has 0 spiro atoms. The van der Waals surface area contributed by atoms with Gasteiger partial charge in [-0.2, -0.15) is 0 Å². The number of nitrogens with two attached hydrogens (primary N) is 1. The van der Waals surface area contributed by atoms with Crippen molar-refractivity contribution in [3.8, 4) is 0 Å². The van der Waals surface area contributed by atoms with Gasteiger partial charge >= 0.3 is 0 Å². The maximum absolute atomic E-state index is 13.0. The van der Waals surface area contributed by atoms with Gasteiger partial charge in [0, 0.05) is 22.5 Å². The molecule has 0 aromatic heterocycles. The summed E-state index contributed by atoms with van der Waals surface area (Å²) in [5.74, 6) is -0.322. The topological polar surface area (TPSA) is 81.5 Å². The highest BCUT2D eigenvalue weighted by atomic mass is 79.9. The molecule has 7 heteroatoms. The smallest absolute Gasteiger partial charge is 0.278 e. The first kappa shape index (κ1) is 16.8. The number of hydrogen-bond donors (Lipinski definition) is 1. The van der Waals surface area contributed by atoms with Gasteiger partial charge in [-0.15, -0.1) is 0 Å². The van der Waals surface area contributed by atoms with E-state index in [1.165, 1.54) is 30.5 Å². The van der Waals surface area contributed by atoms with Gasteiger partial charge in [0.05, 0.1) is 17.0 Å². The lowest BCUT2D eigenvalue weighted by Gasteiger charge is -2.03. The summed E-state index contributed by atoms with van der Waals surface area (Å²) in [6.07, 6.45) is 2.93. The molecule has 0 heterocycles. The number of halogens is 2. The quantitative estimate of drug-likeness (QED) is 0.484. The molecular weight excluding hydrogens is 365 g/mol. The molecule has 0 aliphatic carbocycles. The van der Waals surface area contributed by atoms with Crippen molar-refractivity contribution in [2.24, 2.45) is 10.7 Å². The molecule has 0 saturated heterocycles. The maximum Gasteiger partial charge on any atom is 0.278 e. The molecular formula is C16H13BrFN3O2. The van der Waals surface area contributed by atoms with Crippen LogP contribution in [0, 0.1) is 15.9 Å². The molecule has 0 aliphatic heterocycles. The van der Waals surface area contributed by atoms with Gasteiger partial charge in [-0.1, -0.05) is 28.1 Å². The van der Waals surface area contributed by atoms with E-state index in [0.717, 1.165) is 5.56 Å². The summed E-state index contributed by atoms with van der Waals surface area (Å²) in [5.41, 5.74) is 7.06. The van der Waals surface area contributed by atoms with Gasteiger partial charge in [-0.3, -0.25) is 15.1 Å². The van der Waals surface area contributed by atoms with Crippen molar-refractivity contribution >= 4 is 33.5 Å². The third kappa shape index (κ3) is 4.72. The highest BCUT2D eigenvalue weighted by Crippen LogP contribution is 2.26. The molecule has 0 aliphatic rings. The Morgan fingerprint density at radius 3 is 2.83 bits per heavy atom. The highest BCUT2D eigenvalue weighted by Gasteiger charge is 2.15. The van der Waals surface area contributed by atoms with Crippen LogP contribution in [-0.2, 0) is 6.54 Å². The third-order valence-corrected chi connectivity index (χ3v) is 3.48.